The summed E-state index contributed by atoms with van der Waals surface area (Å²) in [5.41, 5.74) is 2.36. The standard InChI is InChI=1S/C32H24N7OS/c1-33-32-35-19-16-27(37-32)26-10-6-18-34-30(26)40-23-14-12-22(13-15-23)36-29-24-8-3-4-9-25(24)31(39-38-29)41-20-17-21-7-2-5-11-28(21)41/h2-20H,1H3,(H,36,38)(H,33,35,37)/q+1. The molecule has 0 spiro atoms. The summed E-state index contributed by atoms with van der Waals surface area (Å²) in [6, 6.07) is 32.2. The van der Waals surface area contributed by atoms with Crippen LogP contribution in [0.5, 0.6) is 11.6 Å². The summed E-state index contributed by atoms with van der Waals surface area (Å²) >= 11 is 0. The van der Waals surface area contributed by atoms with Crippen LogP contribution in [-0.4, -0.2) is 32.2 Å². The Morgan fingerprint density at radius 1 is 0.732 bits per heavy atom. The van der Waals surface area contributed by atoms with E-state index in [0.717, 1.165) is 32.7 Å². The van der Waals surface area contributed by atoms with Crippen molar-refractivity contribution in [3.63, 3.8) is 0 Å². The first kappa shape index (κ1) is 24.6. The summed E-state index contributed by atoms with van der Waals surface area (Å²) in [6.07, 6.45) is 3.40. The van der Waals surface area contributed by atoms with Crippen LogP contribution in [0.25, 0.3) is 37.1 Å². The molecule has 1 atom stereocenters. The van der Waals surface area contributed by atoms with Crippen LogP contribution in [0.1, 0.15) is 0 Å². The van der Waals surface area contributed by atoms with E-state index in [0.29, 0.717) is 23.4 Å². The van der Waals surface area contributed by atoms with Crippen molar-refractivity contribution in [3.8, 4) is 27.9 Å². The number of nitrogens with zero attached hydrogens (tertiary/aromatic N) is 5. The lowest BCUT2D eigenvalue weighted by Gasteiger charge is -2.11. The van der Waals surface area contributed by atoms with Gasteiger partial charge in [0.15, 0.2) is 10.5 Å². The van der Waals surface area contributed by atoms with Crippen molar-refractivity contribution in [1.82, 2.24) is 25.1 Å². The number of nitrogens with one attached hydrogen (secondary N) is 2. The van der Waals surface area contributed by atoms with Gasteiger partial charge in [0.05, 0.1) is 16.6 Å². The molecule has 41 heavy (non-hydrogen) atoms. The Labute approximate surface area is 238 Å². The van der Waals surface area contributed by atoms with Crippen LogP contribution in [0, 0.1) is 0 Å². The van der Waals surface area contributed by atoms with Gasteiger partial charge in [-0.05, 0) is 60.7 Å². The molecular formula is C32H24N7OS+. The van der Waals surface area contributed by atoms with E-state index in [9.17, 15) is 0 Å². The molecule has 4 heterocycles. The van der Waals surface area contributed by atoms with Crippen LogP contribution >= 0.6 is 10.5 Å². The van der Waals surface area contributed by atoms with Crippen molar-refractivity contribution in [1.29, 1.82) is 0 Å². The Morgan fingerprint density at radius 2 is 1.56 bits per heavy atom. The van der Waals surface area contributed by atoms with Gasteiger partial charge in [0.2, 0.25) is 11.8 Å². The number of anilines is 3. The minimum atomic E-state index is -0.251. The Bertz CT molecular complexity index is 2010. The number of aromatic nitrogens is 5. The van der Waals surface area contributed by atoms with Crippen LogP contribution in [0.4, 0.5) is 17.5 Å². The van der Waals surface area contributed by atoms with Crippen molar-refractivity contribution in [2.45, 2.75) is 0 Å². The van der Waals surface area contributed by atoms with Gasteiger partial charge in [-0.15, -0.1) is 5.10 Å². The summed E-state index contributed by atoms with van der Waals surface area (Å²) in [4.78, 5) is 13.2. The van der Waals surface area contributed by atoms with Gasteiger partial charge in [-0.3, -0.25) is 0 Å². The summed E-state index contributed by atoms with van der Waals surface area (Å²) in [7, 11) is 1.53. The minimum Gasteiger partial charge on any atom is -0.438 e. The zero-order valence-electron chi connectivity index (χ0n) is 22.0. The number of ether oxygens (including phenoxy) is 1. The molecule has 7 aromatic rings. The molecule has 0 fully saturated rings. The molecule has 0 bridgehead atoms. The number of benzene rings is 3. The van der Waals surface area contributed by atoms with Gasteiger partial charge in [-0.25, -0.2) is 15.0 Å². The van der Waals surface area contributed by atoms with E-state index < -0.39 is 0 Å². The first-order chi connectivity index (χ1) is 20.3. The lowest BCUT2D eigenvalue weighted by molar-refractivity contribution is 0.465. The van der Waals surface area contributed by atoms with Gasteiger partial charge >= 0.3 is 0 Å². The van der Waals surface area contributed by atoms with Gasteiger partial charge in [0.1, 0.15) is 11.1 Å². The van der Waals surface area contributed by atoms with Gasteiger partial charge in [-0.1, -0.05) is 35.4 Å². The maximum Gasteiger partial charge on any atom is 0.298 e. The molecule has 1 unspecified atom stereocenters. The molecule has 3 aromatic carbocycles. The Morgan fingerprint density at radius 3 is 2.44 bits per heavy atom. The third-order valence-corrected chi connectivity index (χ3v) is 8.63. The van der Waals surface area contributed by atoms with E-state index in [2.05, 4.69) is 78.5 Å². The Balaban J connectivity index is 1.16. The molecule has 0 aliphatic rings. The largest absolute Gasteiger partial charge is 0.438 e. The molecule has 7 rings (SSSR count). The molecule has 0 saturated carbocycles. The lowest BCUT2D eigenvalue weighted by atomic mass is 10.2. The lowest BCUT2D eigenvalue weighted by Crippen LogP contribution is -1.99. The normalized spacial score (nSPS) is 11.5. The smallest absolute Gasteiger partial charge is 0.298 e. The van der Waals surface area contributed by atoms with Crippen LogP contribution < -0.4 is 15.4 Å². The van der Waals surface area contributed by atoms with Crippen LogP contribution in [-0.2, 0) is 0 Å². The van der Waals surface area contributed by atoms with Crippen molar-refractivity contribution >= 4 is 48.8 Å². The minimum absolute atomic E-state index is 0.251. The van der Waals surface area contributed by atoms with E-state index >= 15 is 0 Å². The number of hydrogen-bond acceptors (Lipinski definition) is 8. The predicted molar refractivity (Wildman–Crippen MR) is 165 cm³/mol. The Kier molecular flexibility index (Phi) is 6.38. The second kappa shape index (κ2) is 10.6. The van der Waals surface area contributed by atoms with Crippen molar-refractivity contribution in [3.05, 3.63) is 115 Å². The number of pyridine rings is 1. The van der Waals surface area contributed by atoms with E-state index in [1.807, 2.05) is 54.6 Å². The van der Waals surface area contributed by atoms with Gasteiger partial charge in [0, 0.05) is 52.4 Å². The molecule has 0 amide bonds. The van der Waals surface area contributed by atoms with Crippen molar-refractivity contribution in [2.75, 3.05) is 17.7 Å². The van der Waals surface area contributed by atoms with Crippen LogP contribution in [0.2, 0.25) is 0 Å². The van der Waals surface area contributed by atoms with E-state index in [1.165, 1.54) is 10.1 Å². The monoisotopic (exact) mass is 554 g/mol. The molecule has 4 aromatic heterocycles. The zero-order valence-corrected chi connectivity index (χ0v) is 22.8. The number of thiophene rings is 1. The average molecular weight is 555 g/mol. The first-order valence-electron chi connectivity index (χ1n) is 13.0. The molecule has 9 heteroatoms. The number of fused-ring (bicyclic) bond motifs is 2. The van der Waals surface area contributed by atoms with E-state index in [1.54, 1.807) is 19.4 Å². The fraction of sp³-hybridized carbons (Fsp3) is 0.0312. The highest BCUT2D eigenvalue weighted by Gasteiger charge is 2.22. The maximum absolute atomic E-state index is 6.16. The van der Waals surface area contributed by atoms with Crippen LogP contribution in [0.15, 0.2) is 115 Å². The van der Waals surface area contributed by atoms with Gasteiger partial charge < -0.3 is 15.4 Å². The zero-order chi connectivity index (χ0) is 27.6. The van der Waals surface area contributed by atoms with Crippen LogP contribution in [0.3, 0.4) is 0 Å². The SMILES string of the molecule is CNc1nccc(-c2cccnc2Oc2ccc(Nc3nnc(-[s+]4ccc5ccccc54)c4ccccc34)cc2)n1. The summed E-state index contributed by atoms with van der Waals surface area (Å²) in [6.45, 7) is 0. The van der Waals surface area contributed by atoms with Gasteiger partial charge in [0.25, 0.3) is 5.03 Å². The fourth-order valence-electron chi connectivity index (χ4n) is 4.69. The highest BCUT2D eigenvalue weighted by Crippen LogP contribution is 2.42. The third kappa shape index (κ3) is 4.79. The molecule has 2 N–H and O–H groups in total. The molecular weight excluding hydrogens is 530 g/mol. The second-order valence-electron chi connectivity index (χ2n) is 9.20. The quantitative estimate of drug-likeness (QED) is 0.192. The van der Waals surface area contributed by atoms with E-state index in [-0.39, 0.29) is 10.5 Å². The molecule has 0 aliphatic heterocycles. The van der Waals surface area contributed by atoms with E-state index in [4.69, 9.17) is 9.84 Å². The molecule has 8 nitrogen and oxygen atoms in total. The second-order valence-corrected chi connectivity index (χ2v) is 11.0. The summed E-state index contributed by atoms with van der Waals surface area (Å²) in [5, 5.41) is 22.3. The van der Waals surface area contributed by atoms with Crippen molar-refractivity contribution < 1.29 is 4.74 Å². The van der Waals surface area contributed by atoms with Gasteiger partial charge in [-0.2, -0.15) is 0 Å². The summed E-state index contributed by atoms with van der Waals surface area (Å²) in [5.74, 6) is 2.35. The molecule has 198 valence electrons. The topological polar surface area (TPSA) is 97.7 Å². The average Bonchev–Trinajstić information content (AvgIpc) is 3.46. The van der Waals surface area contributed by atoms with Crippen molar-refractivity contribution in [2.24, 2.45) is 0 Å². The first-order valence-corrected chi connectivity index (χ1v) is 14.3. The molecule has 0 aliphatic carbocycles. The highest BCUT2D eigenvalue weighted by molar-refractivity contribution is 7.44. The molecule has 0 radical (unpaired) electrons. The Hall–Kier alpha value is -5.41. The number of rotatable bonds is 7. The predicted octanol–water partition coefficient (Wildman–Crippen LogP) is 7.95. The summed E-state index contributed by atoms with van der Waals surface area (Å²) < 4.78 is 7.44. The fourth-order valence-corrected chi connectivity index (χ4v) is 6.61. The highest BCUT2D eigenvalue weighted by atomic mass is 32.2. The maximum atomic E-state index is 6.16. The molecule has 0 saturated heterocycles. The number of hydrogen-bond donors (Lipinski definition) is 2. The third-order valence-electron chi connectivity index (χ3n) is 6.66.